The summed E-state index contributed by atoms with van der Waals surface area (Å²) in [6.45, 7) is 6.23. The molecule has 0 unspecified atom stereocenters. The van der Waals surface area contributed by atoms with Crippen molar-refractivity contribution >= 4 is 5.96 Å². The van der Waals surface area contributed by atoms with Gasteiger partial charge in [0.1, 0.15) is 5.75 Å². The van der Waals surface area contributed by atoms with Crippen molar-refractivity contribution in [3.8, 4) is 5.75 Å². The number of nitrogens with zero attached hydrogens (tertiary/aromatic N) is 1. The van der Waals surface area contributed by atoms with Crippen LogP contribution in [0.1, 0.15) is 39.0 Å². The molecule has 0 atom stereocenters. The Hall–Kier alpha value is -1.75. The Labute approximate surface area is 152 Å². The van der Waals surface area contributed by atoms with Gasteiger partial charge in [0.25, 0.3) is 0 Å². The third-order valence-electron chi connectivity index (χ3n) is 4.79. The van der Waals surface area contributed by atoms with Crippen LogP contribution in [0.3, 0.4) is 0 Å². The van der Waals surface area contributed by atoms with E-state index in [2.05, 4.69) is 17.6 Å². The van der Waals surface area contributed by atoms with Crippen molar-refractivity contribution in [2.45, 2.75) is 39.0 Å². The van der Waals surface area contributed by atoms with Crippen LogP contribution in [0, 0.1) is 5.41 Å². The Kier molecular flexibility index (Phi) is 8.60. The molecule has 25 heavy (non-hydrogen) atoms. The molecule has 140 valence electrons. The minimum Gasteiger partial charge on any atom is -0.494 e. The Bertz CT molecular complexity index is 501. The minimum absolute atomic E-state index is 0.356. The van der Waals surface area contributed by atoms with Gasteiger partial charge in [0.15, 0.2) is 5.96 Å². The van der Waals surface area contributed by atoms with Crippen molar-refractivity contribution in [1.29, 1.82) is 0 Å². The topological polar surface area (TPSA) is 54.9 Å². The summed E-state index contributed by atoms with van der Waals surface area (Å²) < 4.78 is 11.0. The number of aliphatic imine (C=N–C) groups is 1. The monoisotopic (exact) mass is 347 g/mol. The van der Waals surface area contributed by atoms with Gasteiger partial charge in [0.2, 0.25) is 0 Å². The number of nitrogens with one attached hydrogen (secondary N) is 2. The van der Waals surface area contributed by atoms with Crippen molar-refractivity contribution in [3.63, 3.8) is 0 Å². The highest BCUT2D eigenvalue weighted by atomic mass is 16.5. The molecule has 0 heterocycles. The van der Waals surface area contributed by atoms with E-state index in [0.29, 0.717) is 12.0 Å². The molecule has 1 aromatic rings. The van der Waals surface area contributed by atoms with Crippen LogP contribution >= 0.6 is 0 Å². The van der Waals surface area contributed by atoms with Gasteiger partial charge in [-0.3, -0.25) is 4.99 Å². The summed E-state index contributed by atoms with van der Waals surface area (Å²) in [6.07, 6.45) is 5.90. The van der Waals surface area contributed by atoms with Gasteiger partial charge in [-0.15, -0.1) is 0 Å². The maximum atomic E-state index is 5.72. The Morgan fingerprint density at radius 2 is 1.96 bits per heavy atom. The third kappa shape index (κ3) is 6.94. The second-order valence-corrected chi connectivity index (χ2v) is 6.73. The fraction of sp³-hybridized carbons (Fsp3) is 0.650. The van der Waals surface area contributed by atoms with E-state index in [1.54, 1.807) is 7.11 Å². The molecule has 0 aromatic heterocycles. The maximum absolute atomic E-state index is 5.72. The van der Waals surface area contributed by atoms with Crippen molar-refractivity contribution in [1.82, 2.24) is 10.6 Å². The average molecular weight is 348 g/mol. The number of hydrogen-bond donors (Lipinski definition) is 2. The van der Waals surface area contributed by atoms with Crippen LogP contribution in [0.25, 0.3) is 0 Å². The van der Waals surface area contributed by atoms with Gasteiger partial charge >= 0.3 is 0 Å². The van der Waals surface area contributed by atoms with Gasteiger partial charge < -0.3 is 20.1 Å². The molecule has 5 nitrogen and oxygen atoms in total. The molecular weight excluding hydrogens is 314 g/mol. The lowest BCUT2D eigenvalue weighted by atomic mass is 9.67. The summed E-state index contributed by atoms with van der Waals surface area (Å²) in [4.78, 5) is 4.81. The van der Waals surface area contributed by atoms with Crippen LogP contribution in [0.4, 0.5) is 0 Å². The molecule has 0 bridgehead atoms. The van der Waals surface area contributed by atoms with E-state index in [1.807, 2.05) is 30.3 Å². The number of rotatable bonds is 11. The van der Waals surface area contributed by atoms with Crippen molar-refractivity contribution in [2.24, 2.45) is 10.4 Å². The van der Waals surface area contributed by atoms with Gasteiger partial charge in [-0.2, -0.15) is 0 Å². The molecule has 1 aliphatic carbocycles. The number of methoxy groups -OCH3 is 1. The Balaban J connectivity index is 1.70. The standard InChI is InChI=1S/C20H33N3O2/c1-3-21-19(23-17-20(11-7-12-20)13-16-24-2)22-14-8-15-25-18-9-5-4-6-10-18/h4-6,9-10H,3,7-8,11-17H2,1-2H3,(H2,21,22,23). The number of ether oxygens (including phenoxy) is 2. The normalized spacial score (nSPS) is 16.2. The molecule has 5 heteroatoms. The van der Waals surface area contributed by atoms with E-state index in [1.165, 1.54) is 19.3 Å². The molecular formula is C20H33N3O2. The van der Waals surface area contributed by atoms with Gasteiger partial charge in [-0.25, -0.2) is 0 Å². The molecule has 0 spiro atoms. The Morgan fingerprint density at radius 3 is 2.60 bits per heavy atom. The van der Waals surface area contributed by atoms with E-state index < -0.39 is 0 Å². The third-order valence-corrected chi connectivity index (χ3v) is 4.79. The molecule has 1 aliphatic rings. The molecule has 2 N–H and O–H groups in total. The lowest BCUT2D eigenvalue weighted by Gasteiger charge is -2.40. The van der Waals surface area contributed by atoms with Crippen molar-refractivity contribution in [3.05, 3.63) is 30.3 Å². The molecule has 1 aromatic carbocycles. The molecule has 2 rings (SSSR count). The molecule has 0 radical (unpaired) electrons. The second kappa shape index (κ2) is 11.0. The van der Waals surface area contributed by atoms with Crippen LogP contribution in [0.2, 0.25) is 0 Å². The van der Waals surface area contributed by atoms with Crippen LogP contribution in [0.5, 0.6) is 5.75 Å². The highest BCUT2D eigenvalue weighted by Crippen LogP contribution is 2.44. The molecule has 0 amide bonds. The summed E-state index contributed by atoms with van der Waals surface area (Å²) in [6, 6.07) is 9.94. The SMILES string of the molecule is CCNC(=NCC1(CCOC)CCC1)NCCCOc1ccccc1. The first-order valence-corrected chi connectivity index (χ1v) is 9.47. The predicted octanol–water partition coefficient (Wildman–Crippen LogP) is 3.22. The van der Waals surface area contributed by atoms with Gasteiger partial charge in [-0.1, -0.05) is 24.6 Å². The van der Waals surface area contributed by atoms with Crippen LogP contribution < -0.4 is 15.4 Å². The predicted molar refractivity (Wildman–Crippen MR) is 103 cm³/mol. The molecule has 1 fully saturated rings. The number of guanidine groups is 1. The van der Waals surface area contributed by atoms with Gasteiger partial charge in [0, 0.05) is 33.4 Å². The number of para-hydroxylation sites is 1. The van der Waals surface area contributed by atoms with Crippen LogP contribution in [-0.2, 0) is 4.74 Å². The highest BCUT2D eigenvalue weighted by molar-refractivity contribution is 5.79. The van der Waals surface area contributed by atoms with E-state index in [0.717, 1.165) is 50.8 Å². The van der Waals surface area contributed by atoms with Gasteiger partial charge in [-0.05, 0) is 50.2 Å². The number of hydrogen-bond acceptors (Lipinski definition) is 3. The van der Waals surface area contributed by atoms with Crippen LogP contribution in [-0.4, -0.2) is 45.9 Å². The zero-order valence-electron chi connectivity index (χ0n) is 15.7. The average Bonchev–Trinajstić information content (AvgIpc) is 2.61. The Morgan fingerprint density at radius 1 is 1.16 bits per heavy atom. The van der Waals surface area contributed by atoms with Crippen molar-refractivity contribution in [2.75, 3.05) is 40.0 Å². The summed E-state index contributed by atoms with van der Waals surface area (Å²) >= 11 is 0. The smallest absolute Gasteiger partial charge is 0.191 e. The zero-order valence-corrected chi connectivity index (χ0v) is 15.7. The number of benzene rings is 1. The highest BCUT2D eigenvalue weighted by Gasteiger charge is 2.36. The molecule has 1 saturated carbocycles. The van der Waals surface area contributed by atoms with Crippen LogP contribution in [0.15, 0.2) is 35.3 Å². The molecule has 0 saturated heterocycles. The fourth-order valence-corrected chi connectivity index (χ4v) is 3.06. The summed E-state index contributed by atoms with van der Waals surface area (Å²) in [5.41, 5.74) is 0.356. The summed E-state index contributed by atoms with van der Waals surface area (Å²) in [7, 11) is 1.78. The summed E-state index contributed by atoms with van der Waals surface area (Å²) in [5.74, 6) is 1.83. The maximum Gasteiger partial charge on any atom is 0.191 e. The first kappa shape index (κ1) is 19.6. The van der Waals surface area contributed by atoms with E-state index >= 15 is 0 Å². The largest absolute Gasteiger partial charge is 0.494 e. The summed E-state index contributed by atoms with van der Waals surface area (Å²) in [5, 5.41) is 6.75. The molecule has 0 aliphatic heterocycles. The minimum atomic E-state index is 0.356. The first-order valence-electron chi connectivity index (χ1n) is 9.47. The lowest BCUT2D eigenvalue weighted by molar-refractivity contribution is 0.0778. The zero-order chi connectivity index (χ0) is 17.8. The quantitative estimate of drug-likeness (QED) is 0.367. The fourth-order valence-electron chi connectivity index (χ4n) is 3.06. The van der Waals surface area contributed by atoms with E-state index in [-0.39, 0.29) is 0 Å². The van der Waals surface area contributed by atoms with Gasteiger partial charge in [0.05, 0.1) is 6.61 Å². The lowest BCUT2D eigenvalue weighted by Crippen LogP contribution is -2.40. The first-order chi connectivity index (χ1) is 12.3. The second-order valence-electron chi connectivity index (χ2n) is 6.73. The van der Waals surface area contributed by atoms with Crippen molar-refractivity contribution < 1.29 is 9.47 Å². The van der Waals surface area contributed by atoms with E-state index in [4.69, 9.17) is 14.5 Å². The van der Waals surface area contributed by atoms with E-state index in [9.17, 15) is 0 Å².